The normalized spacial score (nSPS) is 12.4. The zero-order chi connectivity index (χ0) is 15.1. The molecule has 6 heteroatoms. The van der Waals surface area contributed by atoms with E-state index in [-0.39, 0.29) is 17.5 Å². The number of nitrogens with zero attached hydrogens (tertiary/aromatic N) is 1. The average Bonchev–Trinajstić information content (AvgIpc) is 2.42. The van der Waals surface area contributed by atoms with Gasteiger partial charge in [-0.1, -0.05) is 19.9 Å². The molecule has 0 aromatic heterocycles. The highest BCUT2D eigenvalue weighted by atomic mass is 16.6. The molecule has 1 aromatic rings. The number of hydrogen-bond acceptors (Lipinski definition) is 5. The van der Waals surface area contributed by atoms with E-state index in [9.17, 15) is 10.1 Å². The standard InChI is InChI=1S/C14H22N2O4/c1-10(2)12(9-19-3)15-8-11-5-6-14(20-4)13(7-11)16(17)18/h5-7,10,12,15H,8-9H2,1-4H3. The molecule has 1 atom stereocenters. The maximum Gasteiger partial charge on any atom is 0.311 e. The monoisotopic (exact) mass is 282 g/mol. The molecule has 0 saturated heterocycles. The molecule has 1 rings (SSSR count). The number of hydrogen-bond donors (Lipinski definition) is 1. The van der Waals surface area contributed by atoms with Crippen molar-refractivity contribution < 1.29 is 14.4 Å². The van der Waals surface area contributed by atoms with Gasteiger partial charge in [-0.05, 0) is 17.5 Å². The maximum atomic E-state index is 11.0. The van der Waals surface area contributed by atoms with Crippen LogP contribution in [0.4, 0.5) is 5.69 Å². The van der Waals surface area contributed by atoms with Gasteiger partial charge in [-0.25, -0.2) is 0 Å². The number of nitro groups is 1. The van der Waals surface area contributed by atoms with Crippen molar-refractivity contribution in [3.05, 3.63) is 33.9 Å². The van der Waals surface area contributed by atoms with Crippen LogP contribution in [0.1, 0.15) is 19.4 Å². The number of ether oxygens (including phenoxy) is 2. The summed E-state index contributed by atoms with van der Waals surface area (Å²) < 4.78 is 10.1. The zero-order valence-electron chi connectivity index (χ0n) is 12.4. The zero-order valence-corrected chi connectivity index (χ0v) is 12.4. The highest BCUT2D eigenvalue weighted by Gasteiger charge is 2.16. The van der Waals surface area contributed by atoms with Crippen LogP contribution in [0.3, 0.4) is 0 Å². The lowest BCUT2D eigenvalue weighted by molar-refractivity contribution is -0.385. The van der Waals surface area contributed by atoms with Crippen LogP contribution in [0.2, 0.25) is 0 Å². The van der Waals surface area contributed by atoms with E-state index in [0.29, 0.717) is 19.1 Å². The molecule has 0 spiro atoms. The molecule has 0 saturated carbocycles. The van der Waals surface area contributed by atoms with Gasteiger partial charge >= 0.3 is 5.69 Å². The van der Waals surface area contributed by atoms with Crippen LogP contribution in [0, 0.1) is 16.0 Å². The molecular formula is C14H22N2O4. The number of rotatable bonds is 8. The Balaban J connectivity index is 2.77. The van der Waals surface area contributed by atoms with Crippen molar-refractivity contribution >= 4 is 5.69 Å². The van der Waals surface area contributed by atoms with Gasteiger partial charge in [-0.15, -0.1) is 0 Å². The van der Waals surface area contributed by atoms with Gasteiger partial charge in [0.15, 0.2) is 5.75 Å². The van der Waals surface area contributed by atoms with Crippen molar-refractivity contribution in [1.82, 2.24) is 5.32 Å². The van der Waals surface area contributed by atoms with Gasteiger partial charge in [-0.2, -0.15) is 0 Å². The van der Waals surface area contributed by atoms with E-state index in [1.807, 2.05) is 6.07 Å². The number of methoxy groups -OCH3 is 2. The predicted octanol–water partition coefficient (Wildman–Crippen LogP) is 2.36. The summed E-state index contributed by atoms with van der Waals surface area (Å²) in [6.07, 6.45) is 0. The predicted molar refractivity (Wildman–Crippen MR) is 77.0 cm³/mol. The fourth-order valence-electron chi connectivity index (χ4n) is 1.90. The maximum absolute atomic E-state index is 11.0. The molecule has 0 bridgehead atoms. The number of nitrogens with one attached hydrogen (secondary N) is 1. The molecule has 6 nitrogen and oxygen atoms in total. The SMILES string of the molecule is COCC(NCc1ccc(OC)c([N+](=O)[O-])c1)C(C)C. The van der Waals surface area contributed by atoms with E-state index in [1.54, 1.807) is 13.2 Å². The van der Waals surface area contributed by atoms with Crippen molar-refractivity contribution in [3.8, 4) is 5.75 Å². The largest absolute Gasteiger partial charge is 0.490 e. The summed E-state index contributed by atoms with van der Waals surface area (Å²) in [5.74, 6) is 0.694. The Hall–Kier alpha value is -1.66. The Morgan fingerprint density at radius 1 is 1.35 bits per heavy atom. The average molecular weight is 282 g/mol. The second-order valence-corrected chi connectivity index (χ2v) is 4.95. The van der Waals surface area contributed by atoms with E-state index in [1.165, 1.54) is 13.2 Å². The summed E-state index contributed by atoms with van der Waals surface area (Å²) in [6, 6.07) is 5.19. The van der Waals surface area contributed by atoms with Crippen LogP contribution < -0.4 is 10.1 Å². The van der Waals surface area contributed by atoms with E-state index >= 15 is 0 Å². The second-order valence-electron chi connectivity index (χ2n) is 4.95. The first-order chi connectivity index (χ1) is 9.49. The Kier molecular flexibility index (Phi) is 6.41. The fourth-order valence-corrected chi connectivity index (χ4v) is 1.90. The second kappa shape index (κ2) is 7.81. The lowest BCUT2D eigenvalue weighted by atomic mass is 10.0. The first kappa shape index (κ1) is 16.4. The minimum absolute atomic E-state index is 0.0142. The summed E-state index contributed by atoms with van der Waals surface area (Å²) in [5.41, 5.74) is 0.832. The Morgan fingerprint density at radius 3 is 2.55 bits per heavy atom. The van der Waals surface area contributed by atoms with E-state index in [2.05, 4.69) is 19.2 Å². The lowest BCUT2D eigenvalue weighted by Gasteiger charge is -2.21. The molecule has 112 valence electrons. The van der Waals surface area contributed by atoms with Crippen molar-refractivity contribution in [2.75, 3.05) is 20.8 Å². The van der Waals surface area contributed by atoms with Gasteiger partial charge in [0, 0.05) is 25.8 Å². The van der Waals surface area contributed by atoms with E-state index in [4.69, 9.17) is 9.47 Å². The first-order valence-electron chi connectivity index (χ1n) is 6.53. The van der Waals surface area contributed by atoms with Crippen LogP contribution in [-0.4, -0.2) is 31.8 Å². The Morgan fingerprint density at radius 2 is 2.05 bits per heavy atom. The van der Waals surface area contributed by atoms with E-state index in [0.717, 1.165) is 5.56 Å². The molecule has 0 fully saturated rings. The summed E-state index contributed by atoms with van der Waals surface area (Å²) >= 11 is 0. The van der Waals surface area contributed by atoms with Gasteiger partial charge in [0.2, 0.25) is 0 Å². The van der Waals surface area contributed by atoms with Crippen LogP contribution in [0.15, 0.2) is 18.2 Å². The van der Waals surface area contributed by atoms with Gasteiger partial charge in [0.05, 0.1) is 18.6 Å². The van der Waals surface area contributed by atoms with Crippen LogP contribution in [-0.2, 0) is 11.3 Å². The first-order valence-corrected chi connectivity index (χ1v) is 6.53. The molecular weight excluding hydrogens is 260 g/mol. The van der Waals surface area contributed by atoms with Crippen LogP contribution in [0.25, 0.3) is 0 Å². The van der Waals surface area contributed by atoms with Gasteiger partial charge in [0.1, 0.15) is 0 Å². The smallest absolute Gasteiger partial charge is 0.311 e. The summed E-state index contributed by atoms with van der Waals surface area (Å²) in [5, 5.41) is 14.3. The quantitative estimate of drug-likeness (QED) is 0.585. The third kappa shape index (κ3) is 4.47. The van der Waals surface area contributed by atoms with Crippen molar-refractivity contribution in [2.45, 2.75) is 26.4 Å². The third-order valence-corrected chi connectivity index (χ3v) is 3.16. The molecule has 0 radical (unpaired) electrons. The van der Waals surface area contributed by atoms with Crippen molar-refractivity contribution in [1.29, 1.82) is 0 Å². The summed E-state index contributed by atoms with van der Waals surface area (Å²) in [4.78, 5) is 10.5. The van der Waals surface area contributed by atoms with Crippen molar-refractivity contribution in [3.63, 3.8) is 0 Å². The van der Waals surface area contributed by atoms with Gasteiger partial charge in [0.25, 0.3) is 0 Å². The van der Waals surface area contributed by atoms with Gasteiger partial charge < -0.3 is 14.8 Å². The number of benzene rings is 1. The Labute approximate surface area is 119 Å². The fraction of sp³-hybridized carbons (Fsp3) is 0.571. The molecule has 20 heavy (non-hydrogen) atoms. The van der Waals surface area contributed by atoms with E-state index < -0.39 is 4.92 Å². The van der Waals surface area contributed by atoms with Crippen molar-refractivity contribution in [2.24, 2.45) is 5.92 Å². The van der Waals surface area contributed by atoms with Crippen LogP contribution >= 0.6 is 0 Å². The molecule has 0 amide bonds. The topological polar surface area (TPSA) is 73.6 Å². The highest BCUT2D eigenvalue weighted by molar-refractivity contribution is 5.48. The minimum Gasteiger partial charge on any atom is -0.490 e. The molecule has 0 heterocycles. The summed E-state index contributed by atoms with van der Waals surface area (Å²) in [6.45, 7) is 5.37. The molecule has 0 aliphatic heterocycles. The number of nitro benzene ring substituents is 1. The lowest BCUT2D eigenvalue weighted by Crippen LogP contribution is -2.37. The van der Waals surface area contributed by atoms with Gasteiger partial charge in [-0.3, -0.25) is 10.1 Å². The molecule has 1 N–H and O–H groups in total. The third-order valence-electron chi connectivity index (χ3n) is 3.16. The molecule has 0 aliphatic carbocycles. The molecule has 0 aliphatic rings. The Bertz CT molecular complexity index is 449. The highest BCUT2D eigenvalue weighted by Crippen LogP contribution is 2.27. The minimum atomic E-state index is -0.433. The summed E-state index contributed by atoms with van der Waals surface area (Å²) in [7, 11) is 3.09. The van der Waals surface area contributed by atoms with Crippen LogP contribution in [0.5, 0.6) is 5.75 Å². The molecule has 1 aromatic carbocycles. The molecule has 1 unspecified atom stereocenters.